The number of aliphatic hydroxyl groups is 1. The van der Waals surface area contributed by atoms with Crippen molar-refractivity contribution in [2.45, 2.75) is 39.1 Å². The largest absolute Gasteiger partial charge is 0.368 e. The molecule has 1 aliphatic rings. The Balaban J connectivity index is 2.38. The van der Waals surface area contributed by atoms with Gasteiger partial charge in [0, 0.05) is 6.42 Å². The second-order valence-corrected chi connectivity index (χ2v) is 2.75. The molecule has 0 aliphatic carbocycles. The maximum Gasteiger partial charge on any atom is 0.155 e. The van der Waals surface area contributed by atoms with Gasteiger partial charge in [-0.05, 0) is 12.3 Å². The van der Waals surface area contributed by atoms with E-state index < -0.39 is 6.29 Å². The zero-order valence-electron chi connectivity index (χ0n) is 6.00. The number of hydrogen-bond acceptors (Lipinski definition) is 2. The Hall–Kier alpha value is -0.0800. The van der Waals surface area contributed by atoms with Crippen LogP contribution in [-0.2, 0) is 4.74 Å². The molecule has 0 bridgehead atoms. The van der Waals surface area contributed by atoms with Gasteiger partial charge < -0.3 is 9.84 Å². The lowest BCUT2D eigenvalue weighted by atomic mass is 10.0. The van der Waals surface area contributed by atoms with Crippen LogP contribution in [0, 0.1) is 5.92 Å². The lowest BCUT2D eigenvalue weighted by Crippen LogP contribution is -2.12. The van der Waals surface area contributed by atoms with Crippen LogP contribution in [0.3, 0.4) is 0 Å². The van der Waals surface area contributed by atoms with Gasteiger partial charge >= 0.3 is 0 Å². The number of hydrogen-bond donors (Lipinski definition) is 1. The Kier molecular flexibility index (Phi) is 2.09. The van der Waals surface area contributed by atoms with E-state index in [1.165, 1.54) is 0 Å². The van der Waals surface area contributed by atoms with Crippen LogP contribution in [0.25, 0.3) is 0 Å². The highest BCUT2D eigenvalue weighted by atomic mass is 16.6. The highest BCUT2D eigenvalue weighted by Gasteiger charge is 2.28. The summed E-state index contributed by atoms with van der Waals surface area (Å²) in [7, 11) is 0. The summed E-state index contributed by atoms with van der Waals surface area (Å²) < 4.78 is 5.18. The minimum Gasteiger partial charge on any atom is -0.368 e. The highest BCUT2D eigenvalue weighted by Crippen LogP contribution is 2.26. The van der Waals surface area contributed by atoms with Gasteiger partial charge in [-0.15, -0.1) is 0 Å². The van der Waals surface area contributed by atoms with E-state index in [4.69, 9.17) is 9.84 Å². The molecule has 1 saturated heterocycles. The summed E-state index contributed by atoms with van der Waals surface area (Å²) >= 11 is 0. The lowest BCUT2D eigenvalue weighted by molar-refractivity contribution is -0.0921. The standard InChI is InChI=1S/C7H14O2/c1-3-6-5(2)4-7(8)9-6/h5-8H,3-4H2,1-2H3/t5-,6-,7?/m0/s1. The van der Waals surface area contributed by atoms with Gasteiger partial charge in [-0.1, -0.05) is 13.8 Å². The predicted molar refractivity (Wildman–Crippen MR) is 35.0 cm³/mol. The monoisotopic (exact) mass is 130 g/mol. The van der Waals surface area contributed by atoms with E-state index >= 15 is 0 Å². The first kappa shape index (κ1) is 7.03. The Morgan fingerprint density at radius 3 is 2.56 bits per heavy atom. The topological polar surface area (TPSA) is 29.5 Å². The summed E-state index contributed by atoms with van der Waals surface area (Å²) in [6.07, 6.45) is 1.61. The molecule has 2 nitrogen and oxygen atoms in total. The van der Waals surface area contributed by atoms with Crippen molar-refractivity contribution in [3.05, 3.63) is 0 Å². The third kappa shape index (κ3) is 1.43. The lowest BCUT2D eigenvalue weighted by Gasteiger charge is -2.09. The molecular formula is C7H14O2. The molecule has 1 N–H and O–H groups in total. The Labute approximate surface area is 55.8 Å². The second-order valence-electron chi connectivity index (χ2n) is 2.75. The van der Waals surface area contributed by atoms with Crippen molar-refractivity contribution in [1.82, 2.24) is 0 Å². The molecule has 0 spiro atoms. The summed E-state index contributed by atoms with van der Waals surface area (Å²) in [6, 6.07) is 0. The van der Waals surface area contributed by atoms with Gasteiger partial charge in [0.1, 0.15) is 0 Å². The molecule has 1 fully saturated rings. The summed E-state index contributed by atoms with van der Waals surface area (Å²) in [5.74, 6) is 0.532. The van der Waals surface area contributed by atoms with Crippen LogP contribution in [0.1, 0.15) is 26.7 Å². The van der Waals surface area contributed by atoms with Crippen molar-refractivity contribution < 1.29 is 9.84 Å². The molecule has 1 rings (SSSR count). The Morgan fingerprint density at radius 2 is 2.33 bits per heavy atom. The van der Waals surface area contributed by atoms with Gasteiger partial charge in [-0.3, -0.25) is 0 Å². The second kappa shape index (κ2) is 2.67. The van der Waals surface area contributed by atoms with Crippen molar-refractivity contribution in [2.75, 3.05) is 0 Å². The van der Waals surface area contributed by atoms with Crippen molar-refractivity contribution in [3.8, 4) is 0 Å². The third-order valence-electron chi connectivity index (χ3n) is 1.94. The fraction of sp³-hybridized carbons (Fsp3) is 1.00. The summed E-state index contributed by atoms with van der Waals surface area (Å²) in [6.45, 7) is 4.20. The summed E-state index contributed by atoms with van der Waals surface area (Å²) in [4.78, 5) is 0. The van der Waals surface area contributed by atoms with Crippen molar-refractivity contribution in [3.63, 3.8) is 0 Å². The van der Waals surface area contributed by atoms with Gasteiger partial charge in [0.25, 0.3) is 0 Å². The fourth-order valence-electron chi connectivity index (χ4n) is 1.36. The average Bonchev–Trinajstić information content (AvgIpc) is 2.10. The van der Waals surface area contributed by atoms with Gasteiger partial charge in [0.05, 0.1) is 6.10 Å². The summed E-state index contributed by atoms with van der Waals surface area (Å²) in [5, 5.41) is 8.98. The zero-order chi connectivity index (χ0) is 6.85. The van der Waals surface area contributed by atoms with E-state index in [2.05, 4.69) is 13.8 Å². The third-order valence-corrected chi connectivity index (χ3v) is 1.94. The van der Waals surface area contributed by atoms with E-state index in [1.54, 1.807) is 0 Å². The molecule has 0 aromatic heterocycles. The molecule has 1 unspecified atom stereocenters. The van der Waals surface area contributed by atoms with Crippen LogP contribution in [0.15, 0.2) is 0 Å². The Morgan fingerprint density at radius 1 is 1.67 bits per heavy atom. The van der Waals surface area contributed by atoms with Crippen molar-refractivity contribution in [2.24, 2.45) is 5.92 Å². The molecule has 1 heterocycles. The minimum atomic E-state index is -0.495. The molecule has 9 heavy (non-hydrogen) atoms. The van der Waals surface area contributed by atoms with E-state index in [9.17, 15) is 0 Å². The van der Waals surface area contributed by atoms with Crippen LogP contribution in [0.4, 0.5) is 0 Å². The Bertz CT molecular complexity index is 92.9. The predicted octanol–water partition coefficient (Wildman–Crippen LogP) is 1.14. The van der Waals surface area contributed by atoms with E-state index in [-0.39, 0.29) is 0 Å². The maximum absolute atomic E-state index is 8.98. The number of rotatable bonds is 1. The van der Waals surface area contributed by atoms with Crippen LogP contribution in [-0.4, -0.2) is 17.5 Å². The van der Waals surface area contributed by atoms with Crippen LogP contribution >= 0.6 is 0 Å². The molecule has 3 atom stereocenters. The van der Waals surface area contributed by atoms with Gasteiger partial charge in [0.15, 0.2) is 6.29 Å². The molecule has 2 heteroatoms. The molecular weight excluding hydrogens is 116 g/mol. The van der Waals surface area contributed by atoms with Crippen LogP contribution < -0.4 is 0 Å². The van der Waals surface area contributed by atoms with Gasteiger partial charge in [-0.25, -0.2) is 0 Å². The van der Waals surface area contributed by atoms with E-state index in [0.717, 1.165) is 12.8 Å². The van der Waals surface area contributed by atoms with Crippen molar-refractivity contribution >= 4 is 0 Å². The first-order chi connectivity index (χ1) is 4.24. The van der Waals surface area contributed by atoms with E-state index in [1.807, 2.05) is 0 Å². The number of aliphatic hydroxyl groups excluding tert-OH is 1. The molecule has 0 aromatic rings. The molecule has 1 aliphatic heterocycles. The molecule has 0 amide bonds. The quantitative estimate of drug-likeness (QED) is 0.576. The van der Waals surface area contributed by atoms with Crippen LogP contribution in [0.5, 0.6) is 0 Å². The smallest absolute Gasteiger partial charge is 0.155 e. The summed E-state index contributed by atoms with van der Waals surface area (Å²) in [5.41, 5.74) is 0. The van der Waals surface area contributed by atoms with Gasteiger partial charge in [-0.2, -0.15) is 0 Å². The fourth-order valence-corrected chi connectivity index (χ4v) is 1.36. The maximum atomic E-state index is 8.98. The first-order valence-electron chi connectivity index (χ1n) is 3.57. The van der Waals surface area contributed by atoms with Crippen LogP contribution in [0.2, 0.25) is 0 Å². The molecule has 0 saturated carbocycles. The minimum absolute atomic E-state index is 0.292. The van der Waals surface area contributed by atoms with E-state index in [0.29, 0.717) is 12.0 Å². The highest BCUT2D eigenvalue weighted by molar-refractivity contribution is 4.72. The number of ether oxygens (including phenoxy) is 1. The normalized spacial score (nSPS) is 43.7. The zero-order valence-corrected chi connectivity index (χ0v) is 6.00. The SMILES string of the molecule is CC[C@@H]1OC(O)C[C@@H]1C. The first-order valence-corrected chi connectivity index (χ1v) is 3.57. The van der Waals surface area contributed by atoms with Crippen molar-refractivity contribution in [1.29, 1.82) is 0 Å². The molecule has 0 aromatic carbocycles. The molecule has 54 valence electrons. The molecule has 0 radical (unpaired) electrons. The van der Waals surface area contributed by atoms with Gasteiger partial charge in [0.2, 0.25) is 0 Å². The average molecular weight is 130 g/mol.